The zero-order valence-corrected chi connectivity index (χ0v) is 27.4. The minimum Gasteiger partial charge on any atom is -0.480 e. The van der Waals surface area contributed by atoms with E-state index in [4.69, 9.17) is 0 Å². The van der Waals surface area contributed by atoms with Crippen LogP contribution in [0.4, 0.5) is 5.69 Å². The van der Waals surface area contributed by atoms with Crippen LogP contribution >= 0.6 is 0 Å². The second-order valence-electron chi connectivity index (χ2n) is 15.4. The summed E-state index contributed by atoms with van der Waals surface area (Å²) >= 11 is 0. The molecule has 5 rings (SSSR count). The number of aliphatic hydroxyl groups excluding tert-OH is 2. The fraction of sp³-hybridized carbons (Fsp3) is 0.722. The number of aliphatic hydroxyl groups is 2. The Morgan fingerprint density at radius 2 is 1.54 bits per heavy atom. The fourth-order valence-electron chi connectivity index (χ4n) is 10.5. The topological polar surface area (TPSA) is 173 Å². The zero-order valence-electron chi connectivity index (χ0n) is 27.4. The summed E-state index contributed by atoms with van der Waals surface area (Å²) in [6.07, 6.45) is 7.75. The smallest absolute Gasteiger partial charge is 0.337 e. The molecule has 0 radical (unpaired) electrons. The van der Waals surface area contributed by atoms with Crippen LogP contribution in [0.2, 0.25) is 0 Å². The number of carboxylic acid groups (broad SMARTS) is 2. The summed E-state index contributed by atoms with van der Waals surface area (Å²) in [4.78, 5) is 48.7. The SMILES string of the molecule is C[C@H](CCC(=O)N[C@@H](CCC(=O)Nc1ccccc1C(=O)O)C(=O)O)[C@H]1CC[C@H]2[C@@H]3[C@H](O)C[C@H]4C[C@H](O)CC[C@]4(C)[C@H]3CC[C@]12C. The number of amides is 2. The number of benzene rings is 1. The van der Waals surface area contributed by atoms with Gasteiger partial charge in [-0.25, -0.2) is 9.59 Å². The van der Waals surface area contributed by atoms with Gasteiger partial charge in [0, 0.05) is 12.8 Å². The Hall–Kier alpha value is -2.98. The van der Waals surface area contributed by atoms with Crippen LogP contribution in [0.15, 0.2) is 24.3 Å². The van der Waals surface area contributed by atoms with E-state index in [1.807, 2.05) is 0 Å². The predicted molar refractivity (Wildman–Crippen MR) is 172 cm³/mol. The highest BCUT2D eigenvalue weighted by Gasteiger charge is 2.62. The molecule has 0 aromatic heterocycles. The molecule has 2 amide bonds. The van der Waals surface area contributed by atoms with Crippen molar-refractivity contribution in [2.75, 3.05) is 5.32 Å². The van der Waals surface area contributed by atoms with Gasteiger partial charge in [0.05, 0.1) is 23.5 Å². The van der Waals surface area contributed by atoms with Crippen molar-refractivity contribution in [1.82, 2.24) is 5.32 Å². The Morgan fingerprint density at radius 1 is 0.870 bits per heavy atom. The van der Waals surface area contributed by atoms with Crippen molar-refractivity contribution in [3.63, 3.8) is 0 Å². The molecule has 11 atom stereocenters. The monoisotopic (exact) mass is 640 g/mol. The lowest BCUT2D eigenvalue weighted by Crippen LogP contribution is -2.58. The molecule has 46 heavy (non-hydrogen) atoms. The van der Waals surface area contributed by atoms with E-state index in [0.717, 1.165) is 51.4 Å². The highest BCUT2D eigenvalue weighted by molar-refractivity contribution is 6.00. The first-order valence-electron chi connectivity index (χ1n) is 17.2. The molecule has 0 aliphatic heterocycles. The van der Waals surface area contributed by atoms with Crippen LogP contribution < -0.4 is 10.6 Å². The third kappa shape index (κ3) is 6.70. The minimum atomic E-state index is -1.23. The van der Waals surface area contributed by atoms with E-state index >= 15 is 0 Å². The van der Waals surface area contributed by atoms with E-state index < -0.39 is 23.9 Å². The summed E-state index contributed by atoms with van der Waals surface area (Å²) in [6, 6.07) is 4.75. The third-order valence-electron chi connectivity index (χ3n) is 13.0. The van der Waals surface area contributed by atoms with E-state index in [0.29, 0.717) is 30.1 Å². The average Bonchev–Trinajstić information content (AvgIpc) is 3.36. The summed E-state index contributed by atoms with van der Waals surface area (Å²) in [7, 11) is 0. The molecule has 4 saturated carbocycles. The number of carbonyl (C=O) groups excluding carboxylic acids is 2. The molecule has 4 aliphatic carbocycles. The number of aliphatic carboxylic acids is 1. The maximum absolute atomic E-state index is 12.9. The summed E-state index contributed by atoms with van der Waals surface area (Å²) in [5.74, 6) is -1.04. The number of hydrogen-bond acceptors (Lipinski definition) is 6. The molecule has 1 aromatic rings. The Bertz CT molecular complexity index is 1320. The summed E-state index contributed by atoms with van der Waals surface area (Å²) in [6.45, 7) is 7.01. The van der Waals surface area contributed by atoms with Crippen LogP contribution in [-0.4, -0.2) is 62.4 Å². The normalized spacial score (nSPS) is 36.3. The van der Waals surface area contributed by atoms with E-state index in [-0.39, 0.29) is 71.3 Å². The van der Waals surface area contributed by atoms with Crippen molar-refractivity contribution >= 4 is 29.4 Å². The van der Waals surface area contributed by atoms with E-state index in [1.54, 1.807) is 12.1 Å². The Morgan fingerprint density at radius 3 is 2.26 bits per heavy atom. The van der Waals surface area contributed by atoms with Gasteiger partial charge in [0.25, 0.3) is 0 Å². The molecule has 0 spiro atoms. The number of nitrogens with one attached hydrogen (secondary N) is 2. The Balaban J connectivity index is 1.13. The van der Waals surface area contributed by atoms with Gasteiger partial charge in [-0.1, -0.05) is 32.9 Å². The van der Waals surface area contributed by atoms with Gasteiger partial charge in [0.15, 0.2) is 0 Å². The number of rotatable bonds is 11. The Labute approximate surface area is 271 Å². The van der Waals surface area contributed by atoms with Crippen LogP contribution in [0.1, 0.15) is 108 Å². The van der Waals surface area contributed by atoms with Gasteiger partial charge in [-0.2, -0.15) is 0 Å². The van der Waals surface area contributed by atoms with Crippen molar-refractivity contribution in [2.24, 2.45) is 46.3 Å². The van der Waals surface area contributed by atoms with E-state index in [9.17, 15) is 39.6 Å². The summed E-state index contributed by atoms with van der Waals surface area (Å²) in [5.41, 5.74) is 0.333. The number of fused-ring (bicyclic) bond motifs is 5. The first kappa shape index (κ1) is 34.4. The van der Waals surface area contributed by atoms with E-state index in [2.05, 4.69) is 31.4 Å². The lowest BCUT2D eigenvalue weighted by Gasteiger charge is -2.62. The third-order valence-corrected chi connectivity index (χ3v) is 13.0. The maximum Gasteiger partial charge on any atom is 0.337 e. The largest absolute Gasteiger partial charge is 0.480 e. The molecule has 1 aromatic carbocycles. The van der Waals surface area contributed by atoms with E-state index in [1.165, 1.54) is 12.1 Å². The molecule has 6 N–H and O–H groups in total. The number of aromatic carboxylic acids is 1. The van der Waals surface area contributed by atoms with Crippen LogP contribution in [-0.2, 0) is 14.4 Å². The lowest BCUT2D eigenvalue weighted by atomic mass is 9.43. The number of anilines is 1. The Kier molecular flexibility index (Phi) is 10.2. The van der Waals surface area contributed by atoms with Gasteiger partial charge < -0.3 is 31.1 Å². The lowest BCUT2D eigenvalue weighted by molar-refractivity contribution is -0.174. The zero-order chi connectivity index (χ0) is 33.4. The number of hydrogen-bond donors (Lipinski definition) is 6. The van der Waals surface area contributed by atoms with Crippen molar-refractivity contribution in [1.29, 1.82) is 0 Å². The molecule has 0 unspecified atom stereocenters. The van der Waals surface area contributed by atoms with Crippen molar-refractivity contribution in [2.45, 2.75) is 116 Å². The second kappa shape index (κ2) is 13.6. The quantitative estimate of drug-likeness (QED) is 0.194. The van der Waals surface area contributed by atoms with Crippen LogP contribution in [0.5, 0.6) is 0 Å². The average molecular weight is 641 g/mol. The first-order valence-corrected chi connectivity index (χ1v) is 17.2. The van der Waals surface area contributed by atoms with Gasteiger partial charge in [-0.15, -0.1) is 0 Å². The number of para-hydroxylation sites is 1. The summed E-state index contributed by atoms with van der Waals surface area (Å²) < 4.78 is 0. The summed E-state index contributed by atoms with van der Waals surface area (Å²) in [5, 5.41) is 46.0. The molecule has 0 heterocycles. The predicted octanol–water partition coefficient (Wildman–Crippen LogP) is 5.08. The molecule has 0 saturated heterocycles. The second-order valence-corrected chi connectivity index (χ2v) is 15.4. The first-order chi connectivity index (χ1) is 21.7. The fourth-order valence-corrected chi connectivity index (χ4v) is 10.5. The van der Waals surface area contributed by atoms with Crippen LogP contribution in [0, 0.1) is 46.3 Å². The van der Waals surface area contributed by atoms with Crippen molar-refractivity contribution in [3.05, 3.63) is 29.8 Å². The number of carboxylic acids is 2. The molecule has 4 aliphatic rings. The van der Waals surface area contributed by atoms with Gasteiger partial charge in [-0.05, 0) is 123 Å². The number of carbonyl (C=O) groups is 4. The molecule has 10 nitrogen and oxygen atoms in total. The van der Waals surface area contributed by atoms with Gasteiger partial charge in [0.1, 0.15) is 6.04 Å². The van der Waals surface area contributed by atoms with Gasteiger partial charge >= 0.3 is 11.9 Å². The highest BCUT2D eigenvalue weighted by atomic mass is 16.4. The maximum atomic E-state index is 12.9. The van der Waals surface area contributed by atoms with Crippen LogP contribution in [0.25, 0.3) is 0 Å². The van der Waals surface area contributed by atoms with Crippen LogP contribution in [0.3, 0.4) is 0 Å². The standard InChI is InChI=1S/C36H52N2O8/c1-20(8-12-30(41)38-28(34(45)46)11-13-31(42)37-27-7-5-4-6-23(27)33(43)44)24-9-10-25-32-26(15-17-36(24,25)3)35(2)16-14-22(39)18-21(35)19-29(32)40/h4-7,20-22,24-26,28-29,32,39-40H,8-19H2,1-3H3,(H,37,42)(H,38,41)(H,43,44)(H,45,46)/t20-,21-,22-,24-,25+,26+,28+,29-,32+,35+,36-/m1/s1. The minimum absolute atomic E-state index is 0.0636. The van der Waals surface area contributed by atoms with Crippen molar-refractivity contribution in [3.8, 4) is 0 Å². The highest BCUT2D eigenvalue weighted by Crippen LogP contribution is 2.68. The molecule has 0 bridgehead atoms. The molecular weight excluding hydrogens is 588 g/mol. The molecular formula is C36H52N2O8. The molecule has 4 fully saturated rings. The molecule has 254 valence electrons. The van der Waals surface area contributed by atoms with Crippen molar-refractivity contribution < 1.29 is 39.6 Å². The molecule has 10 heteroatoms. The van der Waals surface area contributed by atoms with Gasteiger partial charge in [-0.3, -0.25) is 9.59 Å². The van der Waals surface area contributed by atoms with Gasteiger partial charge in [0.2, 0.25) is 11.8 Å².